The highest BCUT2D eigenvalue weighted by Crippen LogP contribution is 2.31. The Hall–Kier alpha value is -6.76. The number of methoxy groups -OCH3 is 2. The third-order valence-corrected chi connectivity index (χ3v) is 9.42. The second kappa shape index (κ2) is 19.6. The lowest BCUT2D eigenvalue weighted by Crippen LogP contribution is -2.25. The van der Waals surface area contributed by atoms with Gasteiger partial charge in [-0.05, 0) is 78.6 Å². The van der Waals surface area contributed by atoms with Crippen molar-refractivity contribution in [1.29, 1.82) is 0 Å². The number of aryl methyl sites for hydroxylation is 5. The van der Waals surface area contributed by atoms with E-state index < -0.39 is 12.4 Å². The maximum absolute atomic E-state index is 15.2. The van der Waals surface area contributed by atoms with Crippen LogP contribution in [0.5, 0.6) is 11.5 Å². The predicted molar refractivity (Wildman–Crippen MR) is 212 cm³/mol. The van der Waals surface area contributed by atoms with Gasteiger partial charge in [-0.2, -0.15) is 19.0 Å². The van der Waals surface area contributed by atoms with Crippen LogP contribution in [0.2, 0.25) is 5.02 Å². The molecule has 0 atom stereocenters. The number of carbonyl (C=O) groups excluding carboxylic acids is 2. The number of hydrogen-bond acceptors (Lipinski definition) is 12. The van der Waals surface area contributed by atoms with Crippen molar-refractivity contribution >= 4 is 46.7 Å². The number of carbonyl (C=O) groups is 2. The topological polar surface area (TPSA) is 188 Å². The van der Waals surface area contributed by atoms with E-state index in [1.54, 1.807) is 61.0 Å². The number of hydrogen-bond donors (Lipinski definition) is 4. The zero-order chi connectivity index (χ0) is 41.9. The summed E-state index contributed by atoms with van der Waals surface area (Å²) in [4.78, 5) is 42.5. The summed E-state index contributed by atoms with van der Waals surface area (Å²) >= 11 is 6.50. The Balaban J connectivity index is 0.953. The Labute approximate surface area is 341 Å². The Morgan fingerprint density at radius 2 is 1.31 bits per heavy atom. The van der Waals surface area contributed by atoms with Crippen molar-refractivity contribution in [2.45, 2.75) is 45.2 Å². The number of benzene rings is 2. The molecule has 0 saturated carbocycles. The standard InChI is InChI=1S/C39H40ClF3N12O4/c1-44-35(56)27-11-25(33(40)31(13-27)58-2)7-5-23-15-46-38(47-16-23)52-29-19-50-54(21-29)10-4-9-45-36(57)28-12-26(34(41)32(14-28)59-3)8-6-24-17-48-39(49-18-24)53-30-20-51-55(22-30)37(42)43/h11-22,37H,4-10H2,1-3H3,(H,44,56)(H,45,57)(H,46,47,52)(H,48,49,53). The molecule has 0 radical (unpaired) electrons. The Kier molecular flexibility index (Phi) is 13.9. The van der Waals surface area contributed by atoms with Gasteiger partial charge in [0.05, 0.1) is 49.2 Å². The molecule has 0 bridgehead atoms. The monoisotopic (exact) mass is 832 g/mol. The van der Waals surface area contributed by atoms with E-state index in [9.17, 15) is 18.4 Å². The van der Waals surface area contributed by atoms with Crippen LogP contribution in [0.1, 0.15) is 55.9 Å². The van der Waals surface area contributed by atoms with Gasteiger partial charge in [0, 0.05) is 62.2 Å². The number of anilines is 4. The second-order valence-electron chi connectivity index (χ2n) is 13.1. The smallest absolute Gasteiger partial charge is 0.333 e. The molecule has 6 aromatic rings. The summed E-state index contributed by atoms with van der Waals surface area (Å²) in [6.45, 7) is -1.93. The van der Waals surface area contributed by atoms with E-state index >= 15 is 4.39 Å². The highest BCUT2D eigenvalue weighted by molar-refractivity contribution is 6.33. The van der Waals surface area contributed by atoms with E-state index in [2.05, 4.69) is 51.4 Å². The van der Waals surface area contributed by atoms with Crippen molar-refractivity contribution in [3.8, 4) is 11.5 Å². The van der Waals surface area contributed by atoms with E-state index in [4.69, 9.17) is 21.1 Å². The number of nitrogens with one attached hydrogen (secondary N) is 4. The molecule has 0 aliphatic rings. The fraction of sp³-hybridized carbons (Fsp3) is 0.282. The van der Waals surface area contributed by atoms with Crippen LogP contribution in [0, 0.1) is 5.82 Å². The van der Waals surface area contributed by atoms with Crippen molar-refractivity contribution in [3.63, 3.8) is 0 Å². The predicted octanol–water partition coefficient (Wildman–Crippen LogP) is 6.10. The summed E-state index contributed by atoms with van der Waals surface area (Å²) in [7, 11) is 4.39. The van der Waals surface area contributed by atoms with Crippen LogP contribution in [0.25, 0.3) is 0 Å². The lowest BCUT2D eigenvalue weighted by molar-refractivity contribution is 0.0566. The molecule has 0 aliphatic carbocycles. The molecule has 0 unspecified atom stereocenters. The van der Waals surface area contributed by atoms with Gasteiger partial charge in [-0.3, -0.25) is 14.3 Å². The van der Waals surface area contributed by atoms with Gasteiger partial charge in [-0.1, -0.05) is 11.6 Å². The lowest BCUT2D eigenvalue weighted by atomic mass is 10.0. The summed E-state index contributed by atoms with van der Waals surface area (Å²) in [6.07, 6.45) is 14.6. The van der Waals surface area contributed by atoms with Crippen LogP contribution >= 0.6 is 11.6 Å². The van der Waals surface area contributed by atoms with Crippen LogP contribution in [0.4, 0.5) is 36.4 Å². The Morgan fingerprint density at radius 1 is 0.746 bits per heavy atom. The van der Waals surface area contributed by atoms with Gasteiger partial charge in [0.2, 0.25) is 11.9 Å². The third-order valence-electron chi connectivity index (χ3n) is 8.99. The first-order valence-electron chi connectivity index (χ1n) is 18.3. The molecule has 0 saturated heterocycles. The summed E-state index contributed by atoms with van der Waals surface area (Å²) in [6, 6.07) is 6.20. The van der Waals surface area contributed by atoms with E-state index in [1.807, 2.05) is 0 Å². The number of aromatic nitrogens is 8. The number of ether oxygens (including phenoxy) is 2. The van der Waals surface area contributed by atoms with Crippen LogP contribution in [-0.4, -0.2) is 79.1 Å². The minimum atomic E-state index is -2.77. The van der Waals surface area contributed by atoms with Crippen molar-refractivity contribution < 1.29 is 32.2 Å². The second-order valence-corrected chi connectivity index (χ2v) is 13.4. The fourth-order valence-electron chi connectivity index (χ4n) is 5.90. The number of nitrogens with zero attached hydrogens (tertiary/aromatic N) is 8. The van der Waals surface area contributed by atoms with Gasteiger partial charge in [0.15, 0.2) is 11.6 Å². The molecular formula is C39H40ClF3N12O4. The van der Waals surface area contributed by atoms with Gasteiger partial charge in [-0.15, -0.1) is 0 Å². The first kappa shape index (κ1) is 41.9. The average Bonchev–Trinajstić information content (AvgIpc) is 3.92. The fourth-order valence-corrected chi connectivity index (χ4v) is 6.18. The lowest BCUT2D eigenvalue weighted by Gasteiger charge is -2.12. The molecule has 4 aromatic heterocycles. The van der Waals surface area contributed by atoms with Gasteiger partial charge in [0.1, 0.15) is 5.75 Å². The Morgan fingerprint density at radius 3 is 1.90 bits per heavy atom. The molecule has 308 valence electrons. The van der Waals surface area contributed by atoms with E-state index in [-0.39, 0.29) is 41.1 Å². The van der Waals surface area contributed by atoms with Gasteiger partial charge >= 0.3 is 6.55 Å². The zero-order valence-corrected chi connectivity index (χ0v) is 32.9. The normalized spacial score (nSPS) is 11.1. The molecule has 0 aliphatic heterocycles. The molecule has 20 heteroatoms. The molecule has 16 nitrogen and oxygen atoms in total. The first-order valence-corrected chi connectivity index (χ1v) is 18.6. The SMILES string of the molecule is CNC(=O)c1cc(CCc2cnc(Nc3cnn(CCCNC(=O)c4cc(CCc5cnc(Nc6cnn(C(F)F)c6)nc5)c(F)c(OC)c4)c3)nc2)c(Cl)c(OC)c1. The molecule has 0 spiro atoms. The third kappa shape index (κ3) is 11.0. The van der Waals surface area contributed by atoms with Gasteiger partial charge in [0.25, 0.3) is 11.8 Å². The molecule has 4 heterocycles. The highest BCUT2D eigenvalue weighted by atomic mass is 35.5. The van der Waals surface area contributed by atoms with E-state index in [0.717, 1.165) is 17.3 Å². The average molecular weight is 833 g/mol. The molecule has 2 amide bonds. The van der Waals surface area contributed by atoms with Crippen molar-refractivity contribution in [2.24, 2.45) is 0 Å². The van der Waals surface area contributed by atoms with E-state index in [1.165, 1.54) is 32.5 Å². The van der Waals surface area contributed by atoms with Crippen molar-refractivity contribution in [2.75, 3.05) is 38.4 Å². The summed E-state index contributed by atoms with van der Waals surface area (Å²) in [5.41, 5.74) is 4.29. The maximum atomic E-state index is 15.2. The first-order chi connectivity index (χ1) is 28.5. The quantitative estimate of drug-likeness (QED) is 0.0688. The minimum Gasteiger partial charge on any atom is -0.495 e. The highest BCUT2D eigenvalue weighted by Gasteiger charge is 2.17. The van der Waals surface area contributed by atoms with E-state index in [0.29, 0.717) is 82.7 Å². The van der Waals surface area contributed by atoms with Crippen LogP contribution in [0.15, 0.2) is 73.8 Å². The molecular weight excluding hydrogens is 793 g/mol. The molecule has 0 fully saturated rings. The van der Waals surface area contributed by atoms with Gasteiger partial charge in [-0.25, -0.2) is 29.0 Å². The summed E-state index contributed by atoms with van der Waals surface area (Å²) in [5.74, 6) is -0.260. The summed E-state index contributed by atoms with van der Waals surface area (Å²) < 4.78 is 53.5. The Bertz CT molecular complexity index is 2380. The zero-order valence-electron chi connectivity index (χ0n) is 32.2. The molecule has 6 rings (SSSR count). The maximum Gasteiger partial charge on any atom is 0.333 e. The van der Waals surface area contributed by atoms with Crippen LogP contribution < -0.4 is 30.7 Å². The van der Waals surface area contributed by atoms with Gasteiger partial charge < -0.3 is 30.7 Å². The number of amides is 2. The number of rotatable bonds is 19. The van der Waals surface area contributed by atoms with Crippen LogP contribution in [-0.2, 0) is 32.2 Å². The summed E-state index contributed by atoms with van der Waals surface area (Å²) in [5, 5.41) is 19.8. The minimum absolute atomic E-state index is 0.0567. The molecule has 4 N–H and O–H groups in total. The largest absolute Gasteiger partial charge is 0.495 e. The number of alkyl halides is 2. The molecule has 59 heavy (non-hydrogen) atoms. The number of halogens is 4. The van der Waals surface area contributed by atoms with Crippen molar-refractivity contribution in [1.82, 2.24) is 50.1 Å². The van der Waals surface area contributed by atoms with Crippen molar-refractivity contribution in [3.05, 3.63) is 118 Å². The van der Waals surface area contributed by atoms with Crippen LogP contribution in [0.3, 0.4) is 0 Å². The molecule has 2 aromatic carbocycles.